The van der Waals surface area contributed by atoms with Gasteiger partial charge in [-0.1, -0.05) is 37.3 Å². The highest BCUT2D eigenvalue weighted by Gasteiger charge is 2.10. The van der Waals surface area contributed by atoms with E-state index in [1.807, 2.05) is 0 Å². The zero-order chi connectivity index (χ0) is 10.1. The predicted octanol–water partition coefficient (Wildman–Crippen LogP) is 3.39. The van der Waals surface area contributed by atoms with E-state index in [1.165, 1.54) is 10.3 Å². The van der Waals surface area contributed by atoms with Gasteiger partial charge in [-0.15, -0.1) is 0 Å². The van der Waals surface area contributed by atoms with Crippen LogP contribution in [0.2, 0.25) is 0 Å². The van der Waals surface area contributed by atoms with Crippen LogP contribution in [0.4, 0.5) is 5.13 Å². The molecule has 1 heterocycles. The van der Waals surface area contributed by atoms with E-state index >= 15 is 0 Å². The molecule has 0 unspecified atom stereocenters. The average molecular weight is 206 g/mol. The molecule has 2 rings (SSSR count). The number of fused-ring (bicyclic) bond motifs is 1. The summed E-state index contributed by atoms with van der Waals surface area (Å²) in [4.78, 5) is 4.38. The van der Waals surface area contributed by atoms with Gasteiger partial charge in [-0.3, -0.25) is 0 Å². The number of para-hydroxylation sites is 1. The Kier molecular flexibility index (Phi) is 2.42. The van der Waals surface area contributed by atoms with Crippen molar-refractivity contribution >= 4 is 26.7 Å². The second-order valence-corrected chi connectivity index (χ2v) is 4.62. The Morgan fingerprint density at radius 3 is 3.00 bits per heavy atom. The second-order valence-electron chi connectivity index (χ2n) is 3.56. The minimum atomic E-state index is 0.556. The molecule has 2 N–H and O–H groups in total. The van der Waals surface area contributed by atoms with E-state index in [1.54, 1.807) is 11.3 Å². The molecule has 0 fully saturated rings. The average Bonchev–Trinajstić information content (AvgIpc) is 2.56. The van der Waals surface area contributed by atoms with E-state index in [0.29, 0.717) is 11.0 Å². The molecule has 0 aliphatic heterocycles. The molecule has 0 saturated carbocycles. The zero-order valence-corrected chi connectivity index (χ0v) is 9.27. The lowest BCUT2D eigenvalue weighted by atomic mass is 9.98. The van der Waals surface area contributed by atoms with Gasteiger partial charge in [0.25, 0.3) is 0 Å². The van der Waals surface area contributed by atoms with Gasteiger partial charge in [0.1, 0.15) is 0 Å². The summed E-state index contributed by atoms with van der Waals surface area (Å²) in [6.07, 6.45) is 1.14. The van der Waals surface area contributed by atoms with Crippen molar-refractivity contribution in [3.63, 3.8) is 0 Å². The number of thiazole rings is 1. The maximum atomic E-state index is 5.71. The van der Waals surface area contributed by atoms with Crippen LogP contribution in [0.25, 0.3) is 10.2 Å². The first kappa shape index (κ1) is 9.46. The molecule has 0 spiro atoms. The fourth-order valence-corrected chi connectivity index (χ4v) is 2.37. The van der Waals surface area contributed by atoms with E-state index in [-0.39, 0.29) is 0 Å². The van der Waals surface area contributed by atoms with Crippen molar-refractivity contribution in [3.05, 3.63) is 23.8 Å². The van der Waals surface area contributed by atoms with Crippen LogP contribution in [0.15, 0.2) is 18.2 Å². The zero-order valence-electron chi connectivity index (χ0n) is 8.45. The number of nitrogen functional groups attached to an aromatic ring is 1. The number of anilines is 1. The molecule has 1 aromatic carbocycles. The quantitative estimate of drug-likeness (QED) is 0.818. The van der Waals surface area contributed by atoms with Gasteiger partial charge in [0, 0.05) is 0 Å². The van der Waals surface area contributed by atoms with Crippen molar-refractivity contribution in [2.24, 2.45) is 0 Å². The lowest BCUT2D eigenvalue weighted by Crippen LogP contribution is -1.92. The van der Waals surface area contributed by atoms with Crippen LogP contribution in [0.1, 0.15) is 31.7 Å². The summed E-state index contributed by atoms with van der Waals surface area (Å²) in [5, 5.41) is 0.663. The maximum absolute atomic E-state index is 5.71. The van der Waals surface area contributed by atoms with Gasteiger partial charge >= 0.3 is 0 Å². The Morgan fingerprint density at radius 1 is 1.50 bits per heavy atom. The molecule has 0 radical (unpaired) electrons. The number of aromatic nitrogens is 1. The molecule has 0 saturated heterocycles. The van der Waals surface area contributed by atoms with E-state index in [9.17, 15) is 0 Å². The molecular weight excluding hydrogens is 192 g/mol. The minimum absolute atomic E-state index is 0.556. The Balaban J connectivity index is 2.64. The van der Waals surface area contributed by atoms with Gasteiger partial charge in [-0.2, -0.15) is 0 Å². The highest BCUT2D eigenvalue weighted by Crippen LogP contribution is 2.31. The lowest BCUT2D eigenvalue weighted by molar-refractivity contribution is 0.738. The standard InChI is InChI=1S/C11H14N2S/c1-3-7(2)8-5-4-6-9-10(8)13-11(12)14-9/h4-7H,3H2,1-2H3,(H2,12,13)/t7-/m0/s1. The third kappa shape index (κ3) is 1.48. The van der Waals surface area contributed by atoms with Crippen LogP contribution in [-0.4, -0.2) is 4.98 Å². The summed E-state index contributed by atoms with van der Waals surface area (Å²) in [7, 11) is 0. The van der Waals surface area contributed by atoms with Crippen LogP contribution in [0.3, 0.4) is 0 Å². The van der Waals surface area contributed by atoms with Crippen LogP contribution in [0.5, 0.6) is 0 Å². The third-order valence-electron chi connectivity index (χ3n) is 2.61. The van der Waals surface area contributed by atoms with Crippen LogP contribution in [-0.2, 0) is 0 Å². The van der Waals surface area contributed by atoms with Crippen molar-refractivity contribution in [3.8, 4) is 0 Å². The number of benzene rings is 1. The van der Waals surface area contributed by atoms with Crippen molar-refractivity contribution in [1.82, 2.24) is 4.98 Å². The molecule has 1 atom stereocenters. The summed E-state index contributed by atoms with van der Waals surface area (Å²) in [6.45, 7) is 4.42. The monoisotopic (exact) mass is 206 g/mol. The molecule has 2 aromatic rings. The van der Waals surface area contributed by atoms with Crippen molar-refractivity contribution < 1.29 is 0 Å². The fourth-order valence-electron chi connectivity index (χ4n) is 1.60. The number of hydrogen-bond donors (Lipinski definition) is 1. The topological polar surface area (TPSA) is 38.9 Å². The van der Waals surface area contributed by atoms with Gasteiger partial charge in [0.15, 0.2) is 5.13 Å². The Hall–Kier alpha value is -1.09. The molecule has 74 valence electrons. The summed E-state index contributed by atoms with van der Waals surface area (Å²) < 4.78 is 1.19. The molecule has 0 aliphatic rings. The number of rotatable bonds is 2. The molecular formula is C11H14N2S. The first-order valence-electron chi connectivity index (χ1n) is 4.87. The highest BCUT2D eigenvalue weighted by molar-refractivity contribution is 7.22. The van der Waals surface area contributed by atoms with E-state index < -0.39 is 0 Å². The van der Waals surface area contributed by atoms with E-state index in [4.69, 9.17) is 5.73 Å². The first-order chi connectivity index (χ1) is 6.72. The Morgan fingerprint density at radius 2 is 2.29 bits per heavy atom. The molecule has 1 aromatic heterocycles. The summed E-state index contributed by atoms with van der Waals surface area (Å²) in [5.41, 5.74) is 8.11. The third-order valence-corrected chi connectivity index (χ3v) is 3.46. The van der Waals surface area contributed by atoms with Gasteiger partial charge < -0.3 is 5.73 Å². The highest BCUT2D eigenvalue weighted by atomic mass is 32.1. The molecule has 0 bridgehead atoms. The Labute approximate surface area is 87.8 Å². The van der Waals surface area contributed by atoms with Crippen molar-refractivity contribution in [1.29, 1.82) is 0 Å². The largest absolute Gasteiger partial charge is 0.375 e. The lowest BCUT2D eigenvalue weighted by Gasteiger charge is -2.08. The van der Waals surface area contributed by atoms with Crippen LogP contribution >= 0.6 is 11.3 Å². The SMILES string of the molecule is CC[C@H](C)c1cccc2sc(N)nc12. The molecule has 0 amide bonds. The van der Waals surface area contributed by atoms with E-state index in [0.717, 1.165) is 11.9 Å². The Bertz CT molecular complexity index is 447. The van der Waals surface area contributed by atoms with Crippen molar-refractivity contribution in [2.75, 3.05) is 5.73 Å². The first-order valence-corrected chi connectivity index (χ1v) is 5.69. The number of nitrogens with zero attached hydrogens (tertiary/aromatic N) is 1. The summed E-state index contributed by atoms with van der Waals surface area (Å²) >= 11 is 1.56. The smallest absolute Gasteiger partial charge is 0.181 e. The minimum Gasteiger partial charge on any atom is -0.375 e. The number of nitrogens with two attached hydrogens (primary N) is 1. The van der Waals surface area contributed by atoms with Gasteiger partial charge in [0.2, 0.25) is 0 Å². The predicted molar refractivity (Wildman–Crippen MR) is 62.7 cm³/mol. The normalized spacial score (nSPS) is 13.3. The summed E-state index contributed by atoms with van der Waals surface area (Å²) in [6, 6.07) is 6.31. The van der Waals surface area contributed by atoms with Gasteiger partial charge in [-0.25, -0.2) is 4.98 Å². The van der Waals surface area contributed by atoms with E-state index in [2.05, 4.69) is 37.0 Å². The molecule has 2 nitrogen and oxygen atoms in total. The van der Waals surface area contributed by atoms with Gasteiger partial charge in [-0.05, 0) is 24.0 Å². The number of hydrogen-bond acceptors (Lipinski definition) is 3. The fraction of sp³-hybridized carbons (Fsp3) is 0.364. The van der Waals surface area contributed by atoms with Crippen LogP contribution < -0.4 is 5.73 Å². The van der Waals surface area contributed by atoms with Gasteiger partial charge in [0.05, 0.1) is 10.2 Å². The molecule has 3 heteroatoms. The maximum Gasteiger partial charge on any atom is 0.181 e. The van der Waals surface area contributed by atoms with Crippen molar-refractivity contribution in [2.45, 2.75) is 26.2 Å². The second kappa shape index (κ2) is 3.58. The molecule has 14 heavy (non-hydrogen) atoms. The van der Waals surface area contributed by atoms with Crippen LogP contribution in [0, 0.1) is 0 Å². The summed E-state index contributed by atoms with van der Waals surface area (Å²) in [5.74, 6) is 0.556. The molecule has 0 aliphatic carbocycles.